The van der Waals surface area contributed by atoms with Crippen LogP contribution in [0.25, 0.3) is 0 Å². The number of carbonyl (C=O) groups is 1. The zero-order chi connectivity index (χ0) is 16.4. The number of halogens is 1. The summed E-state index contributed by atoms with van der Waals surface area (Å²) in [6.07, 6.45) is 1.66. The molecule has 0 radical (unpaired) electrons. The summed E-state index contributed by atoms with van der Waals surface area (Å²) in [5, 5.41) is 2.93. The van der Waals surface area contributed by atoms with Gasteiger partial charge in [-0.05, 0) is 56.3 Å². The van der Waals surface area contributed by atoms with Crippen molar-refractivity contribution >= 4 is 27.5 Å². The van der Waals surface area contributed by atoms with Crippen molar-refractivity contribution in [3.05, 3.63) is 75.9 Å². The first-order valence-electron chi connectivity index (χ1n) is 7.30. The van der Waals surface area contributed by atoms with Crippen molar-refractivity contribution in [2.75, 3.05) is 5.32 Å². The Morgan fingerprint density at radius 1 is 1.22 bits per heavy atom. The van der Waals surface area contributed by atoms with E-state index in [4.69, 9.17) is 4.42 Å². The molecular formula is C18H17BrN2O2. The van der Waals surface area contributed by atoms with Crippen molar-refractivity contribution in [1.82, 2.24) is 4.57 Å². The maximum atomic E-state index is 12.5. The van der Waals surface area contributed by atoms with Crippen LogP contribution in [0.2, 0.25) is 0 Å². The number of amides is 1. The summed E-state index contributed by atoms with van der Waals surface area (Å²) < 4.78 is 8.46. The molecule has 0 spiro atoms. The van der Waals surface area contributed by atoms with E-state index < -0.39 is 0 Å². The lowest BCUT2D eigenvalue weighted by atomic mass is 10.2. The summed E-state index contributed by atoms with van der Waals surface area (Å²) in [7, 11) is 0. The Kier molecular flexibility index (Phi) is 4.39. The number of nitrogens with zero attached hydrogens (tertiary/aromatic N) is 1. The van der Waals surface area contributed by atoms with Gasteiger partial charge in [-0.15, -0.1) is 0 Å². The van der Waals surface area contributed by atoms with Gasteiger partial charge in [0.15, 0.2) is 0 Å². The second kappa shape index (κ2) is 6.46. The minimum absolute atomic E-state index is 0.105. The fourth-order valence-electron chi connectivity index (χ4n) is 2.56. The molecule has 0 bridgehead atoms. The third kappa shape index (κ3) is 3.40. The number of nitrogens with one attached hydrogen (secondary N) is 1. The Balaban J connectivity index is 1.82. The highest BCUT2D eigenvalue weighted by Gasteiger charge is 2.16. The van der Waals surface area contributed by atoms with Crippen molar-refractivity contribution in [3.63, 3.8) is 0 Å². The largest absolute Gasteiger partial charge is 0.467 e. The molecule has 3 rings (SSSR count). The number of carbonyl (C=O) groups excluding carboxylic acids is 1. The van der Waals surface area contributed by atoms with Crippen LogP contribution >= 0.6 is 15.9 Å². The highest BCUT2D eigenvalue weighted by Crippen LogP contribution is 2.20. The van der Waals surface area contributed by atoms with Crippen LogP contribution in [0.3, 0.4) is 0 Å². The SMILES string of the molecule is Cc1cc(C(=O)Nc2ccc(Br)cc2)c(C)n1Cc1ccco1. The third-order valence-electron chi connectivity index (χ3n) is 3.81. The average molecular weight is 373 g/mol. The number of hydrogen-bond acceptors (Lipinski definition) is 2. The topological polar surface area (TPSA) is 47.2 Å². The highest BCUT2D eigenvalue weighted by molar-refractivity contribution is 9.10. The fraction of sp³-hybridized carbons (Fsp3) is 0.167. The van der Waals surface area contributed by atoms with Crippen molar-refractivity contribution in [1.29, 1.82) is 0 Å². The number of benzene rings is 1. The van der Waals surface area contributed by atoms with Crippen LogP contribution in [-0.4, -0.2) is 10.5 Å². The number of hydrogen-bond donors (Lipinski definition) is 1. The lowest BCUT2D eigenvalue weighted by Gasteiger charge is -2.08. The predicted octanol–water partition coefficient (Wildman–Crippen LogP) is 4.76. The Morgan fingerprint density at radius 2 is 1.96 bits per heavy atom. The van der Waals surface area contributed by atoms with E-state index in [2.05, 4.69) is 25.8 Å². The van der Waals surface area contributed by atoms with Crippen molar-refractivity contribution in [3.8, 4) is 0 Å². The van der Waals surface area contributed by atoms with E-state index in [-0.39, 0.29) is 5.91 Å². The molecule has 0 unspecified atom stereocenters. The summed E-state index contributed by atoms with van der Waals surface area (Å²) >= 11 is 3.38. The molecule has 2 heterocycles. The first-order valence-corrected chi connectivity index (χ1v) is 8.10. The molecule has 0 atom stereocenters. The van der Waals surface area contributed by atoms with Crippen LogP contribution in [0.4, 0.5) is 5.69 Å². The number of aromatic nitrogens is 1. The molecule has 4 nitrogen and oxygen atoms in total. The second-order valence-electron chi connectivity index (χ2n) is 5.41. The molecule has 0 aliphatic rings. The van der Waals surface area contributed by atoms with E-state index in [0.717, 1.165) is 27.3 Å². The summed E-state index contributed by atoms with van der Waals surface area (Å²) in [6.45, 7) is 4.56. The maximum Gasteiger partial charge on any atom is 0.257 e. The van der Waals surface area contributed by atoms with Gasteiger partial charge in [0.2, 0.25) is 0 Å². The molecule has 1 aromatic carbocycles. The van der Waals surface area contributed by atoms with Crippen LogP contribution in [0.15, 0.2) is 57.6 Å². The Labute approximate surface area is 143 Å². The summed E-state index contributed by atoms with van der Waals surface area (Å²) in [4.78, 5) is 12.5. The average Bonchev–Trinajstić information content (AvgIpc) is 3.13. The first-order chi connectivity index (χ1) is 11.0. The van der Waals surface area contributed by atoms with E-state index in [9.17, 15) is 4.79 Å². The third-order valence-corrected chi connectivity index (χ3v) is 4.34. The standard InChI is InChI=1S/C18H17BrN2O2/c1-12-10-17(13(2)21(12)11-16-4-3-9-23-16)18(22)20-15-7-5-14(19)6-8-15/h3-10H,11H2,1-2H3,(H,20,22). The number of aryl methyl sites for hydroxylation is 1. The number of furan rings is 1. The number of anilines is 1. The highest BCUT2D eigenvalue weighted by atomic mass is 79.9. The van der Waals surface area contributed by atoms with Gasteiger partial charge in [-0.2, -0.15) is 0 Å². The molecule has 3 aromatic rings. The maximum absolute atomic E-state index is 12.5. The normalized spacial score (nSPS) is 10.7. The summed E-state index contributed by atoms with van der Waals surface area (Å²) in [6, 6.07) is 13.2. The van der Waals surface area contributed by atoms with Gasteiger partial charge in [-0.1, -0.05) is 15.9 Å². The predicted molar refractivity (Wildman–Crippen MR) is 93.8 cm³/mol. The molecule has 0 saturated heterocycles. The summed E-state index contributed by atoms with van der Waals surface area (Å²) in [5.74, 6) is 0.762. The van der Waals surface area contributed by atoms with Gasteiger partial charge in [0.05, 0.1) is 18.4 Å². The molecule has 2 aromatic heterocycles. The van der Waals surface area contributed by atoms with Crippen LogP contribution in [0.5, 0.6) is 0 Å². The zero-order valence-electron chi connectivity index (χ0n) is 13.0. The van der Waals surface area contributed by atoms with Gasteiger partial charge in [0, 0.05) is 21.5 Å². The lowest BCUT2D eigenvalue weighted by Crippen LogP contribution is -2.13. The van der Waals surface area contributed by atoms with Crippen LogP contribution in [0, 0.1) is 13.8 Å². The first kappa shape index (κ1) is 15.6. The van der Waals surface area contributed by atoms with Gasteiger partial charge >= 0.3 is 0 Å². The van der Waals surface area contributed by atoms with Crippen LogP contribution in [-0.2, 0) is 6.54 Å². The van der Waals surface area contributed by atoms with Gasteiger partial charge in [0.25, 0.3) is 5.91 Å². The van der Waals surface area contributed by atoms with Crippen LogP contribution < -0.4 is 5.32 Å². The zero-order valence-corrected chi connectivity index (χ0v) is 14.6. The lowest BCUT2D eigenvalue weighted by molar-refractivity contribution is 0.102. The smallest absolute Gasteiger partial charge is 0.257 e. The minimum Gasteiger partial charge on any atom is -0.467 e. The molecule has 0 saturated carbocycles. The van der Waals surface area contributed by atoms with Crippen molar-refractivity contribution in [2.24, 2.45) is 0 Å². The molecular weight excluding hydrogens is 356 g/mol. The fourth-order valence-corrected chi connectivity index (χ4v) is 2.83. The van der Waals surface area contributed by atoms with Crippen molar-refractivity contribution in [2.45, 2.75) is 20.4 Å². The Morgan fingerprint density at radius 3 is 2.61 bits per heavy atom. The second-order valence-corrected chi connectivity index (χ2v) is 6.33. The van der Waals surface area contributed by atoms with Gasteiger partial charge < -0.3 is 14.3 Å². The molecule has 23 heavy (non-hydrogen) atoms. The van der Waals surface area contributed by atoms with E-state index in [1.54, 1.807) is 6.26 Å². The molecule has 118 valence electrons. The van der Waals surface area contributed by atoms with Gasteiger partial charge in [0.1, 0.15) is 5.76 Å². The molecule has 0 fully saturated rings. The summed E-state index contributed by atoms with van der Waals surface area (Å²) in [5.41, 5.74) is 3.40. The van der Waals surface area contributed by atoms with Crippen LogP contribution in [0.1, 0.15) is 27.5 Å². The van der Waals surface area contributed by atoms with Gasteiger partial charge in [-0.3, -0.25) is 4.79 Å². The minimum atomic E-state index is -0.105. The van der Waals surface area contributed by atoms with E-state index in [0.29, 0.717) is 12.1 Å². The van der Waals surface area contributed by atoms with E-state index in [1.807, 2.05) is 56.3 Å². The molecule has 0 aliphatic carbocycles. The number of rotatable bonds is 4. The molecule has 1 amide bonds. The molecule has 5 heteroatoms. The molecule has 0 aliphatic heterocycles. The van der Waals surface area contributed by atoms with Gasteiger partial charge in [-0.25, -0.2) is 0 Å². The van der Waals surface area contributed by atoms with E-state index >= 15 is 0 Å². The van der Waals surface area contributed by atoms with E-state index in [1.165, 1.54) is 0 Å². The van der Waals surface area contributed by atoms with Crippen molar-refractivity contribution < 1.29 is 9.21 Å². The Bertz CT molecular complexity index is 818. The monoisotopic (exact) mass is 372 g/mol. The quantitative estimate of drug-likeness (QED) is 0.717. The molecule has 1 N–H and O–H groups in total. The Hall–Kier alpha value is -2.27.